The molecule has 6 nitrogen and oxygen atoms in total. The average molecular weight is 257 g/mol. The van der Waals surface area contributed by atoms with Crippen molar-refractivity contribution in [1.29, 1.82) is 0 Å². The van der Waals surface area contributed by atoms with Crippen LogP contribution >= 0.6 is 0 Å². The molecule has 3 heterocycles. The van der Waals surface area contributed by atoms with Gasteiger partial charge in [0.05, 0.1) is 24.0 Å². The quantitative estimate of drug-likeness (QED) is 0.809. The van der Waals surface area contributed by atoms with Gasteiger partial charge >= 0.3 is 0 Å². The summed E-state index contributed by atoms with van der Waals surface area (Å²) in [6.45, 7) is 1.47. The molecule has 0 bridgehead atoms. The Bertz CT molecular complexity index is 531. The van der Waals surface area contributed by atoms with Crippen LogP contribution in [0.15, 0.2) is 36.9 Å². The third-order valence-corrected chi connectivity index (χ3v) is 3.42. The molecule has 0 atom stereocenters. The van der Waals surface area contributed by atoms with Crippen molar-refractivity contribution >= 4 is 5.91 Å². The van der Waals surface area contributed by atoms with Gasteiger partial charge in [-0.1, -0.05) is 0 Å². The molecule has 1 aliphatic heterocycles. The van der Waals surface area contributed by atoms with Gasteiger partial charge in [-0.15, -0.1) is 0 Å². The van der Waals surface area contributed by atoms with Gasteiger partial charge in [0.15, 0.2) is 0 Å². The molecule has 19 heavy (non-hydrogen) atoms. The first-order chi connectivity index (χ1) is 9.34. The van der Waals surface area contributed by atoms with E-state index in [2.05, 4.69) is 15.2 Å². The number of piperidine rings is 1. The van der Waals surface area contributed by atoms with E-state index in [9.17, 15) is 4.79 Å². The van der Waals surface area contributed by atoms with Crippen LogP contribution in [-0.4, -0.2) is 43.9 Å². The maximum atomic E-state index is 12.2. The van der Waals surface area contributed by atoms with Crippen molar-refractivity contribution in [2.24, 2.45) is 0 Å². The molecule has 0 unspecified atom stereocenters. The fourth-order valence-electron chi connectivity index (χ4n) is 2.39. The van der Waals surface area contributed by atoms with E-state index in [0.29, 0.717) is 11.6 Å². The second-order valence-corrected chi connectivity index (χ2v) is 4.61. The Hall–Kier alpha value is -2.24. The Morgan fingerprint density at radius 3 is 2.53 bits per heavy atom. The van der Waals surface area contributed by atoms with Gasteiger partial charge in [0.1, 0.15) is 0 Å². The van der Waals surface area contributed by atoms with Crippen LogP contribution in [0.2, 0.25) is 0 Å². The van der Waals surface area contributed by atoms with Crippen LogP contribution in [-0.2, 0) is 0 Å². The van der Waals surface area contributed by atoms with Crippen molar-refractivity contribution in [3.05, 3.63) is 42.5 Å². The molecule has 2 aromatic heterocycles. The van der Waals surface area contributed by atoms with E-state index in [0.717, 1.165) is 25.9 Å². The zero-order chi connectivity index (χ0) is 13.1. The fourth-order valence-corrected chi connectivity index (χ4v) is 2.39. The lowest BCUT2D eigenvalue weighted by molar-refractivity contribution is 0.0683. The number of carbonyl (C=O) groups is 1. The maximum Gasteiger partial charge on any atom is 0.255 e. The summed E-state index contributed by atoms with van der Waals surface area (Å²) in [5, 5.41) is 8.32. The minimum atomic E-state index is 0.0555. The summed E-state index contributed by atoms with van der Waals surface area (Å²) < 4.78 is 0. The zero-order valence-electron chi connectivity index (χ0n) is 10.5. The van der Waals surface area contributed by atoms with Gasteiger partial charge in [-0.2, -0.15) is 15.0 Å². The molecule has 0 radical (unpaired) electrons. The second-order valence-electron chi connectivity index (χ2n) is 4.61. The monoisotopic (exact) mass is 257 g/mol. The summed E-state index contributed by atoms with van der Waals surface area (Å²) in [5.41, 5.74) is 0.651. The number of carbonyl (C=O) groups excluding carboxylic acids is 1. The standard InChI is InChI=1S/C13H15N5O/c19-13(11-2-1-5-14-10-11)17-8-3-12(4-9-17)18-15-6-7-16-18/h1-2,5-7,10,12H,3-4,8-9H2. The molecular weight excluding hydrogens is 242 g/mol. The Balaban J connectivity index is 1.63. The number of aromatic nitrogens is 4. The van der Waals surface area contributed by atoms with E-state index in [-0.39, 0.29) is 5.91 Å². The van der Waals surface area contributed by atoms with E-state index < -0.39 is 0 Å². The Morgan fingerprint density at radius 2 is 1.89 bits per heavy atom. The fraction of sp³-hybridized carbons (Fsp3) is 0.385. The van der Waals surface area contributed by atoms with E-state index in [4.69, 9.17) is 0 Å². The predicted octanol–water partition coefficient (Wildman–Crippen LogP) is 1.15. The number of pyridine rings is 1. The topological polar surface area (TPSA) is 63.9 Å². The number of hydrogen-bond donors (Lipinski definition) is 0. The molecule has 1 fully saturated rings. The van der Waals surface area contributed by atoms with Crippen molar-refractivity contribution in [1.82, 2.24) is 24.9 Å². The average Bonchev–Trinajstić information content (AvgIpc) is 3.02. The Morgan fingerprint density at radius 1 is 1.16 bits per heavy atom. The van der Waals surface area contributed by atoms with E-state index in [1.165, 1.54) is 0 Å². The van der Waals surface area contributed by atoms with Crippen LogP contribution in [0.1, 0.15) is 29.2 Å². The van der Waals surface area contributed by atoms with E-state index >= 15 is 0 Å². The second kappa shape index (κ2) is 5.17. The number of hydrogen-bond acceptors (Lipinski definition) is 4. The zero-order valence-corrected chi connectivity index (χ0v) is 10.5. The summed E-state index contributed by atoms with van der Waals surface area (Å²) in [6, 6.07) is 3.89. The highest BCUT2D eigenvalue weighted by molar-refractivity contribution is 5.93. The molecule has 1 aliphatic rings. The molecule has 3 rings (SSSR count). The molecule has 98 valence electrons. The first-order valence-electron chi connectivity index (χ1n) is 6.40. The first-order valence-corrected chi connectivity index (χ1v) is 6.40. The third-order valence-electron chi connectivity index (χ3n) is 3.42. The van der Waals surface area contributed by atoms with Crippen LogP contribution < -0.4 is 0 Å². The molecule has 0 saturated carbocycles. The highest BCUT2D eigenvalue weighted by Gasteiger charge is 2.25. The normalized spacial score (nSPS) is 16.5. The summed E-state index contributed by atoms with van der Waals surface area (Å²) in [4.78, 5) is 19.8. The molecule has 0 N–H and O–H groups in total. The molecule has 6 heteroatoms. The summed E-state index contributed by atoms with van der Waals surface area (Å²) in [6.07, 6.45) is 8.44. The summed E-state index contributed by atoms with van der Waals surface area (Å²) in [5.74, 6) is 0.0555. The number of rotatable bonds is 2. The van der Waals surface area contributed by atoms with Crippen LogP contribution in [0.5, 0.6) is 0 Å². The van der Waals surface area contributed by atoms with Crippen molar-refractivity contribution in [2.75, 3.05) is 13.1 Å². The lowest BCUT2D eigenvalue weighted by Gasteiger charge is -2.31. The molecule has 0 aromatic carbocycles. The predicted molar refractivity (Wildman–Crippen MR) is 68.4 cm³/mol. The van der Waals surface area contributed by atoms with Gasteiger partial charge in [0.2, 0.25) is 0 Å². The number of likely N-dealkylation sites (tertiary alicyclic amines) is 1. The molecule has 1 amide bonds. The lowest BCUT2D eigenvalue weighted by Crippen LogP contribution is -2.39. The Kier molecular flexibility index (Phi) is 3.22. The smallest absolute Gasteiger partial charge is 0.255 e. The van der Waals surface area contributed by atoms with Gasteiger partial charge in [-0.05, 0) is 25.0 Å². The largest absolute Gasteiger partial charge is 0.338 e. The van der Waals surface area contributed by atoms with Crippen molar-refractivity contribution in [2.45, 2.75) is 18.9 Å². The molecule has 0 aliphatic carbocycles. The number of amides is 1. The van der Waals surface area contributed by atoms with Crippen molar-refractivity contribution in [3.63, 3.8) is 0 Å². The third kappa shape index (κ3) is 2.47. The molecule has 2 aromatic rings. The SMILES string of the molecule is O=C(c1cccnc1)N1CCC(n2nccn2)CC1. The molecule has 0 spiro atoms. The van der Waals surface area contributed by atoms with Gasteiger partial charge in [0, 0.05) is 25.5 Å². The first kappa shape index (κ1) is 11.8. The maximum absolute atomic E-state index is 12.2. The van der Waals surface area contributed by atoms with Crippen LogP contribution in [0.25, 0.3) is 0 Å². The van der Waals surface area contributed by atoms with E-state index in [1.54, 1.807) is 41.7 Å². The summed E-state index contributed by atoms with van der Waals surface area (Å²) in [7, 11) is 0. The lowest BCUT2D eigenvalue weighted by atomic mass is 10.0. The highest BCUT2D eigenvalue weighted by Crippen LogP contribution is 2.21. The minimum Gasteiger partial charge on any atom is -0.338 e. The Labute approximate surface area is 111 Å². The van der Waals surface area contributed by atoms with Gasteiger partial charge in [-0.3, -0.25) is 9.78 Å². The highest BCUT2D eigenvalue weighted by atomic mass is 16.2. The number of nitrogens with zero attached hydrogens (tertiary/aromatic N) is 5. The summed E-state index contributed by atoms with van der Waals surface area (Å²) >= 11 is 0. The van der Waals surface area contributed by atoms with Crippen LogP contribution in [0, 0.1) is 0 Å². The van der Waals surface area contributed by atoms with Crippen LogP contribution in [0.3, 0.4) is 0 Å². The van der Waals surface area contributed by atoms with Crippen molar-refractivity contribution in [3.8, 4) is 0 Å². The molecule has 1 saturated heterocycles. The van der Waals surface area contributed by atoms with Gasteiger partial charge in [-0.25, -0.2) is 0 Å². The van der Waals surface area contributed by atoms with Crippen molar-refractivity contribution < 1.29 is 4.79 Å². The minimum absolute atomic E-state index is 0.0555. The van der Waals surface area contributed by atoms with Gasteiger partial charge < -0.3 is 4.90 Å². The van der Waals surface area contributed by atoms with E-state index in [1.807, 2.05) is 4.90 Å². The van der Waals surface area contributed by atoms with Gasteiger partial charge in [0.25, 0.3) is 5.91 Å². The molecular formula is C13H15N5O. The van der Waals surface area contributed by atoms with Crippen LogP contribution in [0.4, 0.5) is 0 Å².